The minimum Gasteiger partial charge on any atom is -0.365 e. The summed E-state index contributed by atoms with van der Waals surface area (Å²) < 4.78 is 0. The second-order valence-electron chi connectivity index (χ2n) is 9.77. The lowest BCUT2D eigenvalue weighted by molar-refractivity contribution is 0.325. The largest absolute Gasteiger partial charge is 0.365 e. The molecule has 1 aliphatic carbocycles. The standard InChI is InChI=1S/C26H40N6/c1-19(2)24(20(3)25(28-7)30-26(5)11-12-26)21(4)32-15-10-22(16-31-13-8-9-14-31)23(17-32)29-18-27-6/h18,30H,4,6-17H2,1-3,5H3/b25-20-,29-18-. The number of nitrogens with one attached hydrogen (secondary N) is 1. The summed E-state index contributed by atoms with van der Waals surface area (Å²) in [6.07, 6.45) is 7.48. The van der Waals surface area contributed by atoms with Crippen LogP contribution in [0.3, 0.4) is 0 Å². The maximum absolute atomic E-state index is 4.66. The highest BCUT2D eigenvalue weighted by Crippen LogP contribution is 2.37. The number of rotatable bonds is 10. The normalized spacial score (nSPS) is 21.4. The molecule has 0 amide bonds. The van der Waals surface area contributed by atoms with Crippen LogP contribution in [0.25, 0.3) is 0 Å². The molecule has 0 unspecified atom stereocenters. The number of nitrogens with zero attached hydrogens (tertiary/aromatic N) is 5. The van der Waals surface area contributed by atoms with E-state index in [1.54, 1.807) is 6.34 Å². The monoisotopic (exact) mass is 436 g/mol. The van der Waals surface area contributed by atoms with Gasteiger partial charge < -0.3 is 10.2 Å². The minimum atomic E-state index is 0.143. The molecule has 0 aromatic heterocycles. The predicted molar refractivity (Wildman–Crippen MR) is 137 cm³/mol. The van der Waals surface area contributed by atoms with Crippen LogP contribution < -0.4 is 5.32 Å². The van der Waals surface area contributed by atoms with Crippen molar-refractivity contribution in [2.75, 3.05) is 32.7 Å². The molecule has 3 aliphatic rings. The summed E-state index contributed by atoms with van der Waals surface area (Å²) in [4.78, 5) is 17.7. The zero-order valence-corrected chi connectivity index (χ0v) is 20.5. The van der Waals surface area contributed by atoms with Gasteiger partial charge in [0, 0.05) is 35.5 Å². The summed E-state index contributed by atoms with van der Waals surface area (Å²) in [5.41, 5.74) is 7.15. The number of hydrogen-bond donors (Lipinski definition) is 1. The van der Waals surface area contributed by atoms with Crippen molar-refractivity contribution in [1.82, 2.24) is 15.1 Å². The summed E-state index contributed by atoms with van der Waals surface area (Å²) in [5, 5.41) is 3.59. The van der Waals surface area contributed by atoms with Gasteiger partial charge in [0.05, 0.1) is 12.2 Å². The van der Waals surface area contributed by atoms with Gasteiger partial charge in [-0.15, -0.1) is 0 Å². The van der Waals surface area contributed by atoms with Gasteiger partial charge in [-0.1, -0.05) is 12.2 Å². The molecular formula is C26H40N6. The van der Waals surface area contributed by atoms with Crippen LogP contribution in [0.2, 0.25) is 0 Å². The highest BCUT2D eigenvalue weighted by Gasteiger charge is 2.38. The molecule has 6 heteroatoms. The maximum Gasteiger partial charge on any atom is 0.129 e. The van der Waals surface area contributed by atoms with Gasteiger partial charge in [-0.05, 0) is 91.9 Å². The molecule has 0 atom stereocenters. The van der Waals surface area contributed by atoms with E-state index >= 15 is 0 Å². The Bertz CT molecular complexity index is 874. The molecule has 0 aromatic rings. The van der Waals surface area contributed by atoms with E-state index < -0.39 is 0 Å². The molecule has 1 N–H and O–H groups in total. The van der Waals surface area contributed by atoms with Crippen LogP contribution in [0.5, 0.6) is 0 Å². The zero-order valence-electron chi connectivity index (χ0n) is 20.5. The van der Waals surface area contributed by atoms with Crippen molar-refractivity contribution in [3.05, 3.63) is 46.1 Å². The Labute approximate surface area is 194 Å². The Hall–Kier alpha value is -2.47. The second-order valence-corrected chi connectivity index (χ2v) is 9.77. The van der Waals surface area contributed by atoms with E-state index in [2.05, 4.69) is 77.8 Å². The van der Waals surface area contributed by atoms with E-state index in [9.17, 15) is 0 Å². The molecule has 174 valence electrons. The molecule has 2 heterocycles. The lowest BCUT2D eigenvalue weighted by atomic mass is 9.96. The average molecular weight is 437 g/mol. The molecule has 0 radical (unpaired) electrons. The Kier molecular flexibility index (Phi) is 7.88. The third-order valence-corrected chi connectivity index (χ3v) is 6.82. The van der Waals surface area contributed by atoms with Crippen LogP contribution in [-0.4, -0.2) is 67.8 Å². The average Bonchev–Trinajstić information content (AvgIpc) is 3.27. The molecular weight excluding hydrogens is 396 g/mol. The van der Waals surface area contributed by atoms with Crippen LogP contribution in [0.4, 0.5) is 0 Å². The summed E-state index contributed by atoms with van der Waals surface area (Å²) in [7, 11) is 0. The lowest BCUT2D eigenvalue weighted by Crippen LogP contribution is -2.35. The van der Waals surface area contributed by atoms with E-state index in [-0.39, 0.29) is 5.54 Å². The van der Waals surface area contributed by atoms with Crippen molar-refractivity contribution in [1.29, 1.82) is 0 Å². The van der Waals surface area contributed by atoms with E-state index in [4.69, 9.17) is 0 Å². The van der Waals surface area contributed by atoms with Crippen molar-refractivity contribution in [2.45, 2.75) is 65.3 Å². The highest BCUT2D eigenvalue weighted by atomic mass is 15.2. The molecule has 0 aromatic carbocycles. The third-order valence-electron chi connectivity index (χ3n) is 6.82. The fourth-order valence-corrected chi connectivity index (χ4v) is 4.65. The molecule has 6 nitrogen and oxygen atoms in total. The van der Waals surface area contributed by atoms with Crippen molar-refractivity contribution < 1.29 is 0 Å². The minimum absolute atomic E-state index is 0.143. The van der Waals surface area contributed by atoms with Gasteiger partial charge in [0.15, 0.2) is 0 Å². The van der Waals surface area contributed by atoms with Crippen LogP contribution in [-0.2, 0) is 0 Å². The summed E-state index contributed by atoms with van der Waals surface area (Å²) in [6, 6.07) is 0. The topological polar surface area (TPSA) is 55.6 Å². The maximum atomic E-state index is 4.66. The Morgan fingerprint density at radius 1 is 1.12 bits per heavy atom. The van der Waals surface area contributed by atoms with Gasteiger partial charge in [0.1, 0.15) is 12.2 Å². The Morgan fingerprint density at radius 3 is 2.38 bits per heavy atom. The fourth-order valence-electron chi connectivity index (χ4n) is 4.65. The summed E-state index contributed by atoms with van der Waals surface area (Å²) in [5.74, 6) is 0.860. The van der Waals surface area contributed by atoms with E-state index in [0.29, 0.717) is 0 Å². The van der Waals surface area contributed by atoms with Crippen LogP contribution >= 0.6 is 0 Å². The molecule has 3 rings (SSSR count). The van der Waals surface area contributed by atoms with Crippen LogP contribution in [0.1, 0.15) is 59.8 Å². The van der Waals surface area contributed by atoms with Crippen molar-refractivity contribution in [3.8, 4) is 0 Å². The third kappa shape index (κ3) is 5.85. The van der Waals surface area contributed by atoms with E-state index in [1.165, 1.54) is 49.9 Å². The van der Waals surface area contributed by atoms with Gasteiger partial charge in [-0.2, -0.15) is 0 Å². The van der Waals surface area contributed by atoms with Crippen molar-refractivity contribution >= 4 is 19.8 Å². The molecule has 1 saturated carbocycles. The highest BCUT2D eigenvalue weighted by molar-refractivity contribution is 5.63. The summed E-state index contributed by atoms with van der Waals surface area (Å²) >= 11 is 0. The first-order chi connectivity index (χ1) is 15.3. The number of allylic oxidation sites excluding steroid dienone is 2. The molecule has 0 spiro atoms. The van der Waals surface area contributed by atoms with Gasteiger partial charge in [0.25, 0.3) is 0 Å². The Balaban J connectivity index is 1.83. The first kappa shape index (κ1) is 24.2. The van der Waals surface area contributed by atoms with Gasteiger partial charge in [-0.3, -0.25) is 9.89 Å². The molecule has 32 heavy (non-hydrogen) atoms. The Morgan fingerprint density at radius 2 is 1.81 bits per heavy atom. The first-order valence-corrected chi connectivity index (χ1v) is 11.8. The van der Waals surface area contributed by atoms with Crippen LogP contribution in [0.15, 0.2) is 61.1 Å². The lowest BCUT2D eigenvalue weighted by Gasteiger charge is -2.35. The SMILES string of the molecule is C=N/C=N\C1=C(CN2CCCC2)CCN(C(=C)C(=C(C)C)/C(C)=C(/N=C)NC2(C)CC2)C1. The zero-order chi connectivity index (χ0) is 23.3. The van der Waals surface area contributed by atoms with Gasteiger partial charge >= 0.3 is 0 Å². The van der Waals surface area contributed by atoms with E-state index in [0.717, 1.165) is 54.4 Å². The number of hydrogen-bond acceptors (Lipinski definition) is 5. The van der Waals surface area contributed by atoms with Crippen molar-refractivity contribution in [2.24, 2.45) is 15.0 Å². The summed E-state index contributed by atoms with van der Waals surface area (Å²) in [6.45, 7) is 25.6. The van der Waals surface area contributed by atoms with E-state index in [1.807, 2.05) is 0 Å². The molecule has 2 aliphatic heterocycles. The molecule has 2 fully saturated rings. The number of aliphatic imine (C=N–C) groups is 3. The predicted octanol–water partition coefficient (Wildman–Crippen LogP) is 4.70. The quantitative estimate of drug-likeness (QED) is 0.307. The smallest absolute Gasteiger partial charge is 0.129 e. The first-order valence-electron chi connectivity index (χ1n) is 11.8. The van der Waals surface area contributed by atoms with Crippen LogP contribution in [0, 0.1) is 0 Å². The van der Waals surface area contributed by atoms with Gasteiger partial charge in [0.2, 0.25) is 0 Å². The van der Waals surface area contributed by atoms with Crippen molar-refractivity contribution in [3.63, 3.8) is 0 Å². The number of likely N-dealkylation sites (tertiary alicyclic amines) is 1. The second kappa shape index (κ2) is 10.4. The molecule has 1 saturated heterocycles. The molecule has 0 bridgehead atoms. The fraction of sp³-hybridized carbons (Fsp3) is 0.577. The van der Waals surface area contributed by atoms with Gasteiger partial charge in [-0.25, -0.2) is 9.98 Å².